The molecule has 0 aliphatic heterocycles. The second-order valence-corrected chi connectivity index (χ2v) is 8.21. The third-order valence-electron chi connectivity index (χ3n) is 3.90. The molecular weight excluding hydrogens is 307 g/mol. The van der Waals surface area contributed by atoms with Crippen molar-refractivity contribution >= 4 is 13.2 Å². The lowest BCUT2D eigenvalue weighted by atomic mass is 10.2. The van der Waals surface area contributed by atoms with Crippen LogP contribution in [0.15, 0.2) is 101 Å². The van der Waals surface area contributed by atoms with Gasteiger partial charge in [-0.15, -0.1) is 5.73 Å². The van der Waals surface area contributed by atoms with Crippen molar-refractivity contribution < 1.29 is 0 Å². The predicted octanol–water partition coefficient (Wildman–Crippen LogP) is 6.69. The summed E-state index contributed by atoms with van der Waals surface area (Å²) in [6.07, 6.45) is 14.8. The van der Waals surface area contributed by atoms with E-state index in [9.17, 15) is 0 Å². The molecule has 24 heavy (non-hydrogen) atoms. The van der Waals surface area contributed by atoms with Crippen molar-refractivity contribution in [3.63, 3.8) is 0 Å². The summed E-state index contributed by atoms with van der Waals surface area (Å²) < 4.78 is 0. The Labute approximate surface area is 147 Å². The Morgan fingerprint density at radius 1 is 1.08 bits per heavy atom. The third-order valence-corrected chi connectivity index (χ3v) is 6.19. The monoisotopic (exact) mass is 332 g/mol. The fourth-order valence-electron chi connectivity index (χ4n) is 2.26. The summed E-state index contributed by atoms with van der Waals surface area (Å²) in [5.41, 5.74) is 7.21. The van der Waals surface area contributed by atoms with E-state index in [-0.39, 0.29) is 0 Å². The predicted molar refractivity (Wildman–Crippen MR) is 110 cm³/mol. The van der Waals surface area contributed by atoms with Crippen LogP contribution in [0.5, 0.6) is 0 Å². The largest absolute Gasteiger partial charge is 0.112 e. The standard InChI is InChI=1S/C23H25P/c1-6-18(2)10-14-21(5)24(23-16-12-20(4)13-17-23)22-9-7-8-19(3)11-15-22/h6-8,10-17H,5H2,1-4H3/b14-10-,18-6-. The summed E-state index contributed by atoms with van der Waals surface area (Å²) in [6, 6.07) is 8.78. The Morgan fingerprint density at radius 2 is 1.79 bits per heavy atom. The number of allylic oxidation sites excluding steroid dienone is 10. The molecule has 0 saturated carbocycles. The van der Waals surface area contributed by atoms with Crippen LogP contribution in [-0.2, 0) is 0 Å². The van der Waals surface area contributed by atoms with Crippen LogP contribution in [-0.4, -0.2) is 0 Å². The first-order chi connectivity index (χ1) is 11.5. The summed E-state index contributed by atoms with van der Waals surface area (Å²) in [5, 5.41) is 3.65. The maximum Gasteiger partial charge on any atom is 0.0264 e. The van der Waals surface area contributed by atoms with Gasteiger partial charge in [0.15, 0.2) is 0 Å². The maximum absolute atomic E-state index is 4.37. The van der Waals surface area contributed by atoms with E-state index in [1.807, 2.05) is 6.08 Å². The lowest BCUT2D eigenvalue weighted by Crippen LogP contribution is -2.02. The molecule has 0 amide bonds. The quantitative estimate of drug-likeness (QED) is 0.320. The van der Waals surface area contributed by atoms with Crippen molar-refractivity contribution in [3.05, 3.63) is 106 Å². The van der Waals surface area contributed by atoms with Crippen LogP contribution >= 0.6 is 7.92 Å². The van der Waals surface area contributed by atoms with Gasteiger partial charge in [-0.1, -0.05) is 77.9 Å². The molecule has 2 rings (SSSR count). The van der Waals surface area contributed by atoms with Crippen LogP contribution in [0.1, 0.15) is 26.3 Å². The maximum atomic E-state index is 4.37. The summed E-state index contributed by atoms with van der Waals surface area (Å²) in [6.45, 7) is 12.8. The third kappa shape index (κ3) is 4.93. The topological polar surface area (TPSA) is 0 Å². The van der Waals surface area contributed by atoms with Crippen LogP contribution in [0.25, 0.3) is 0 Å². The fourth-order valence-corrected chi connectivity index (χ4v) is 4.28. The highest BCUT2D eigenvalue weighted by molar-refractivity contribution is 7.74. The lowest BCUT2D eigenvalue weighted by Gasteiger charge is -2.19. The Kier molecular flexibility index (Phi) is 6.56. The van der Waals surface area contributed by atoms with Crippen molar-refractivity contribution in [1.29, 1.82) is 0 Å². The van der Waals surface area contributed by atoms with Gasteiger partial charge in [-0.05, 0) is 58.4 Å². The van der Waals surface area contributed by atoms with E-state index in [4.69, 9.17) is 0 Å². The fraction of sp³-hybridized carbons (Fsp3) is 0.174. The SMILES string of the molecule is C=C(/C=C\C(C)=C/C)P(C1=C=CC=C(C)C=C1)c1ccc(C)cc1. The molecule has 1 aromatic carbocycles. The van der Waals surface area contributed by atoms with E-state index in [1.54, 1.807) is 0 Å². The molecule has 1 heteroatoms. The molecule has 1 atom stereocenters. The molecule has 0 spiro atoms. The molecule has 0 bridgehead atoms. The molecule has 1 unspecified atom stereocenters. The number of hydrogen-bond acceptors (Lipinski definition) is 0. The zero-order chi connectivity index (χ0) is 17.5. The minimum atomic E-state index is -0.674. The normalized spacial score (nSPS) is 15.9. The van der Waals surface area contributed by atoms with E-state index in [2.05, 4.69) is 101 Å². The molecule has 1 aliphatic rings. The van der Waals surface area contributed by atoms with Gasteiger partial charge in [0.05, 0.1) is 0 Å². The molecule has 0 heterocycles. The van der Waals surface area contributed by atoms with Gasteiger partial charge in [-0.25, -0.2) is 0 Å². The second-order valence-electron chi connectivity index (χ2n) is 5.97. The van der Waals surface area contributed by atoms with Crippen molar-refractivity contribution in [2.75, 3.05) is 0 Å². The van der Waals surface area contributed by atoms with Gasteiger partial charge < -0.3 is 0 Å². The number of benzene rings is 1. The van der Waals surface area contributed by atoms with Crippen LogP contribution in [0.2, 0.25) is 0 Å². The molecule has 1 aliphatic carbocycles. The molecular formula is C23H25P. The molecule has 0 N–H and O–H groups in total. The van der Waals surface area contributed by atoms with E-state index >= 15 is 0 Å². The highest BCUT2D eigenvalue weighted by Gasteiger charge is 2.17. The van der Waals surface area contributed by atoms with E-state index in [0.717, 1.165) is 5.31 Å². The molecule has 0 fully saturated rings. The summed E-state index contributed by atoms with van der Waals surface area (Å²) in [7, 11) is -0.674. The first-order valence-electron chi connectivity index (χ1n) is 8.19. The summed E-state index contributed by atoms with van der Waals surface area (Å²) in [4.78, 5) is 0. The smallest absolute Gasteiger partial charge is 0.0264 e. The minimum Gasteiger partial charge on any atom is -0.112 e. The van der Waals surface area contributed by atoms with Crippen molar-refractivity contribution in [3.8, 4) is 0 Å². The lowest BCUT2D eigenvalue weighted by molar-refractivity contribution is 1.47. The van der Waals surface area contributed by atoms with Crippen LogP contribution in [0.4, 0.5) is 0 Å². The first kappa shape index (κ1) is 18.2. The van der Waals surface area contributed by atoms with Gasteiger partial charge in [-0.2, -0.15) is 0 Å². The molecule has 122 valence electrons. The zero-order valence-corrected chi connectivity index (χ0v) is 15.9. The Hall–Kier alpha value is -2.13. The first-order valence-corrected chi connectivity index (χ1v) is 9.54. The van der Waals surface area contributed by atoms with E-state index in [0.29, 0.717) is 0 Å². The van der Waals surface area contributed by atoms with E-state index in [1.165, 1.54) is 27.3 Å². The molecule has 0 nitrogen and oxygen atoms in total. The molecule has 0 aromatic heterocycles. The minimum absolute atomic E-state index is 0.674. The van der Waals surface area contributed by atoms with Gasteiger partial charge in [0.2, 0.25) is 0 Å². The highest BCUT2D eigenvalue weighted by Crippen LogP contribution is 2.51. The number of aryl methyl sites for hydroxylation is 1. The zero-order valence-electron chi connectivity index (χ0n) is 15.0. The van der Waals surface area contributed by atoms with E-state index < -0.39 is 7.92 Å². The summed E-state index contributed by atoms with van der Waals surface area (Å²) in [5.74, 6) is 0. The highest BCUT2D eigenvalue weighted by atomic mass is 31.1. The van der Waals surface area contributed by atoms with Crippen LogP contribution in [0.3, 0.4) is 0 Å². The Morgan fingerprint density at radius 3 is 2.46 bits per heavy atom. The molecule has 0 radical (unpaired) electrons. The van der Waals surface area contributed by atoms with Gasteiger partial charge in [0, 0.05) is 5.31 Å². The van der Waals surface area contributed by atoms with Crippen LogP contribution < -0.4 is 5.30 Å². The van der Waals surface area contributed by atoms with Gasteiger partial charge in [-0.3, -0.25) is 0 Å². The van der Waals surface area contributed by atoms with Crippen molar-refractivity contribution in [2.24, 2.45) is 0 Å². The summed E-state index contributed by atoms with van der Waals surface area (Å²) >= 11 is 0. The average molecular weight is 332 g/mol. The van der Waals surface area contributed by atoms with Gasteiger partial charge in [0.1, 0.15) is 0 Å². The van der Waals surface area contributed by atoms with Crippen LogP contribution in [0, 0.1) is 6.92 Å². The van der Waals surface area contributed by atoms with Gasteiger partial charge >= 0.3 is 0 Å². The number of hydrogen-bond donors (Lipinski definition) is 0. The molecule has 1 aromatic rings. The molecule has 0 saturated heterocycles. The number of rotatable bonds is 5. The average Bonchev–Trinajstić information content (AvgIpc) is 2.79. The Bertz CT molecular complexity index is 789. The van der Waals surface area contributed by atoms with Gasteiger partial charge in [0.25, 0.3) is 0 Å². The van der Waals surface area contributed by atoms with Crippen molar-refractivity contribution in [2.45, 2.75) is 27.7 Å². The Balaban J connectivity index is 2.44. The second kappa shape index (κ2) is 8.65. The van der Waals surface area contributed by atoms with Crippen molar-refractivity contribution in [1.82, 2.24) is 0 Å².